The Bertz CT molecular complexity index is 332. The lowest BCUT2D eigenvalue weighted by atomic mass is 10.2. The minimum absolute atomic E-state index is 0.0163. The van der Waals surface area contributed by atoms with Crippen LogP contribution < -0.4 is 10.6 Å². The molecule has 0 fully saturated rings. The molecule has 0 aliphatic heterocycles. The van der Waals surface area contributed by atoms with Crippen LogP contribution in [0, 0.1) is 0 Å². The Labute approximate surface area is 114 Å². The van der Waals surface area contributed by atoms with Gasteiger partial charge in [-0.15, -0.1) is 0 Å². The summed E-state index contributed by atoms with van der Waals surface area (Å²) in [6.45, 7) is 1.42. The molecular weight excluding hydrogens is 244 g/mol. The maximum atomic E-state index is 11.5. The van der Waals surface area contributed by atoms with Gasteiger partial charge in [0.25, 0.3) is 0 Å². The van der Waals surface area contributed by atoms with Crippen LogP contribution in [0.1, 0.15) is 12.8 Å². The average molecular weight is 268 g/mol. The summed E-state index contributed by atoms with van der Waals surface area (Å²) in [5, 5.41) is 6.48. The third-order valence-electron chi connectivity index (χ3n) is 2.82. The Hall–Kier alpha value is -1.56. The molecule has 0 unspecified atom stereocenters. The third kappa shape index (κ3) is 6.24. The highest BCUT2D eigenvalue weighted by atomic mass is 16.5. The van der Waals surface area contributed by atoms with Crippen LogP contribution in [0.25, 0.3) is 0 Å². The van der Waals surface area contributed by atoms with Gasteiger partial charge in [0.15, 0.2) is 5.96 Å². The number of hydrogen-bond donors (Lipinski definition) is 2. The van der Waals surface area contributed by atoms with Crippen molar-refractivity contribution in [1.29, 1.82) is 0 Å². The van der Waals surface area contributed by atoms with Crippen LogP contribution in [-0.2, 0) is 9.53 Å². The van der Waals surface area contributed by atoms with Crippen molar-refractivity contribution in [2.45, 2.75) is 18.9 Å². The first-order valence-electron chi connectivity index (χ1n) is 6.52. The van der Waals surface area contributed by atoms with Crippen LogP contribution in [0.3, 0.4) is 0 Å². The van der Waals surface area contributed by atoms with Crippen molar-refractivity contribution >= 4 is 11.9 Å². The van der Waals surface area contributed by atoms with Crippen molar-refractivity contribution < 1.29 is 9.53 Å². The monoisotopic (exact) mass is 268 g/mol. The molecule has 1 amide bonds. The van der Waals surface area contributed by atoms with Crippen LogP contribution >= 0.6 is 0 Å². The van der Waals surface area contributed by atoms with Crippen molar-refractivity contribution in [1.82, 2.24) is 15.5 Å². The number of likely N-dealkylation sites (N-methyl/N-ethyl adjacent to an activating group) is 1. The zero-order chi connectivity index (χ0) is 14.1. The Morgan fingerprint density at radius 3 is 2.68 bits per heavy atom. The maximum Gasteiger partial charge on any atom is 0.243 e. The van der Waals surface area contributed by atoms with Crippen LogP contribution in [0.15, 0.2) is 17.1 Å². The smallest absolute Gasteiger partial charge is 0.243 e. The summed E-state index contributed by atoms with van der Waals surface area (Å²) in [4.78, 5) is 17.4. The van der Waals surface area contributed by atoms with Gasteiger partial charge in [-0.05, 0) is 12.8 Å². The lowest BCUT2D eigenvalue weighted by molar-refractivity contribution is -0.127. The normalized spacial score (nSPS) is 15.6. The first-order valence-corrected chi connectivity index (χ1v) is 6.52. The van der Waals surface area contributed by atoms with Crippen LogP contribution in [0.2, 0.25) is 0 Å². The largest absolute Gasteiger partial charge is 0.383 e. The molecule has 19 heavy (non-hydrogen) atoms. The van der Waals surface area contributed by atoms with Gasteiger partial charge in [0.05, 0.1) is 6.61 Å². The number of hydrogen-bond acceptors (Lipinski definition) is 3. The minimum atomic E-state index is -0.0163. The van der Waals surface area contributed by atoms with Crippen LogP contribution in [-0.4, -0.2) is 63.7 Å². The van der Waals surface area contributed by atoms with E-state index in [2.05, 4.69) is 27.8 Å². The number of guanidine groups is 1. The molecule has 1 aliphatic carbocycles. The van der Waals surface area contributed by atoms with Crippen molar-refractivity contribution in [3.8, 4) is 0 Å². The first kappa shape index (κ1) is 15.5. The van der Waals surface area contributed by atoms with Crippen molar-refractivity contribution in [3.63, 3.8) is 0 Å². The second-order valence-electron chi connectivity index (χ2n) is 4.66. The predicted molar refractivity (Wildman–Crippen MR) is 76.2 cm³/mol. The van der Waals surface area contributed by atoms with E-state index in [9.17, 15) is 4.79 Å². The Kier molecular flexibility index (Phi) is 6.95. The fraction of sp³-hybridized carbons (Fsp3) is 0.692. The number of carbonyl (C=O) groups is 1. The highest BCUT2D eigenvalue weighted by Crippen LogP contribution is 2.08. The van der Waals surface area contributed by atoms with Crippen molar-refractivity contribution in [2.24, 2.45) is 4.99 Å². The number of methoxy groups -OCH3 is 1. The summed E-state index contributed by atoms with van der Waals surface area (Å²) < 4.78 is 4.99. The van der Waals surface area contributed by atoms with E-state index in [1.54, 1.807) is 21.2 Å². The molecule has 6 heteroatoms. The second kappa shape index (κ2) is 8.53. The molecule has 0 aromatic rings. The quantitative estimate of drug-likeness (QED) is 0.307. The molecule has 0 atom stereocenters. The Morgan fingerprint density at radius 2 is 2.11 bits per heavy atom. The van der Waals surface area contributed by atoms with Gasteiger partial charge in [-0.25, -0.2) is 4.99 Å². The van der Waals surface area contributed by atoms with Gasteiger partial charge in [-0.2, -0.15) is 0 Å². The summed E-state index contributed by atoms with van der Waals surface area (Å²) in [5.74, 6) is 0.651. The van der Waals surface area contributed by atoms with E-state index in [0.717, 1.165) is 12.8 Å². The molecule has 0 spiro atoms. The molecule has 0 saturated carbocycles. The zero-order valence-corrected chi connectivity index (χ0v) is 12.0. The van der Waals surface area contributed by atoms with E-state index in [-0.39, 0.29) is 12.5 Å². The van der Waals surface area contributed by atoms with Gasteiger partial charge in [0, 0.05) is 33.8 Å². The van der Waals surface area contributed by atoms with Crippen molar-refractivity contribution in [2.75, 3.05) is 40.9 Å². The molecule has 0 aromatic carbocycles. The lowest BCUT2D eigenvalue weighted by Crippen LogP contribution is -2.44. The van der Waals surface area contributed by atoms with E-state index in [0.29, 0.717) is 25.2 Å². The molecule has 0 aromatic heterocycles. The van der Waals surface area contributed by atoms with E-state index < -0.39 is 0 Å². The molecule has 108 valence electrons. The molecular formula is C13H24N4O2. The first-order chi connectivity index (χ1) is 9.13. The van der Waals surface area contributed by atoms with Gasteiger partial charge in [-0.1, -0.05) is 12.2 Å². The predicted octanol–water partition coefficient (Wildman–Crippen LogP) is -0.0252. The van der Waals surface area contributed by atoms with Gasteiger partial charge >= 0.3 is 0 Å². The number of aliphatic imine (C=N–C) groups is 1. The highest BCUT2D eigenvalue weighted by molar-refractivity contribution is 5.85. The maximum absolute atomic E-state index is 11.5. The number of nitrogens with zero attached hydrogens (tertiary/aromatic N) is 2. The second-order valence-corrected chi connectivity index (χ2v) is 4.66. The molecule has 0 radical (unpaired) electrons. The fourth-order valence-electron chi connectivity index (χ4n) is 1.64. The van der Waals surface area contributed by atoms with E-state index in [1.165, 1.54) is 4.90 Å². The molecule has 2 N–H and O–H groups in total. The van der Waals surface area contributed by atoms with E-state index in [1.807, 2.05) is 0 Å². The standard InChI is InChI=1S/C13H24N4O2/c1-17(2)12(18)10-15-13(14-8-9-19-3)16-11-6-4-5-7-11/h4-5,11H,6-10H2,1-3H3,(H2,14,15,16). The molecule has 1 rings (SSSR count). The van der Waals surface area contributed by atoms with Gasteiger partial charge in [0.2, 0.25) is 5.91 Å². The molecule has 6 nitrogen and oxygen atoms in total. The minimum Gasteiger partial charge on any atom is -0.383 e. The fourth-order valence-corrected chi connectivity index (χ4v) is 1.64. The summed E-state index contributed by atoms with van der Waals surface area (Å²) in [5.41, 5.74) is 0. The number of rotatable bonds is 6. The van der Waals surface area contributed by atoms with E-state index >= 15 is 0 Å². The average Bonchev–Trinajstić information content (AvgIpc) is 2.88. The number of nitrogens with one attached hydrogen (secondary N) is 2. The van der Waals surface area contributed by atoms with E-state index in [4.69, 9.17) is 4.74 Å². The summed E-state index contributed by atoms with van der Waals surface area (Å²) in [7, 11) is 5.11. The number of ether oxygens (including phenoxy) is 1. The number of amides is 1. The van der Waals surface area contributed by atoms with Gasteiger partial charge in [-0.3, -0.25) is 4.79 Å². The molecule has 0 heterocycles. The molecule has 0 saturated heterocycles. The van der Waals surface area contributed by atoms with Crippen LogP contribution in [0.5, 0.6) is 0 Å². The van der Waals surface area contributed by atoms with Gasteiger partial charge < -0.3 is 20.3 Å². The zero-order valence-electron chi connectivity index (χ0n) is 12.0. The lowest BCUT2D eigenvalue weighted by Gasteiger charge is -2.17. The molecule has 0 bridgehead atoms. The third-order valence-corrected chi connectivity index (χ3v) is 2.82. The SMILES string of the molecule is COCCNC(=NCC(=O)N(C)C)NC1CC=CC1. The highest BCUT2D eigenvalue weighted by Gasteiger charge is 2.12. The number of carbonyl (C=O) groups excluding carboxylic acids is 1. The summed E-state index contributed by atoms with van der Waals surface area (Å²) in [6, 6.07) is 0.364. The Balaban J connectivity index is 2.46. The van der Waals surface area contributed by atoms with Crippen LogP contribution in [0.4, 0.5) is 0 Å². The topological polar surface area (TPSA) is 66.0 Å². The van der Waals surface area contributed by atoms with Gasteiger partial charge in [0.1, 0.15) is 6.54 Å². The summed E-state index contributed by atoms with van der Waals surface area (Å²) >= 11 is 0. The molecule has 1 aliphatic rings. The Morgan fingerprint density at radius 1 is 1.42 bits per heavy atom. The summed E-state index contributed by atoms with van der Waals surface area (Å²) in [6.07, 6.45) is 6.28. The van der Waals surface area contributed by atoms with Crippen molar-refractivity contribution in [3.05, 3.63) is 12.2 Å².